The summed E-state index contributed by atoms with van der Waals surface area (Å²) in [6.45, 7) is 5.37. The van der Waals surface area contributed by atoms with Crippen LogP contribution in [0.4, 0.5) is 0 Å². The third-order valence-corrected chi connectivity index (χ3v) is 1.54. The van der Waals surface area contributed by atoms with Crippen LogP contribution in [0, 0.1) is 5.41 Å². The van der Waals surface area contributed by atoms with E-state index in [0.717, 1.165) is 13.3 Å². The highest BCUT2D eigenvalue weighted by atomic mass is 16.4. The lowest BCUT2D eigenvalue weighted by atomic mass is 9.86. The molecule has 0 atom stereocenters. The van der Waals surface area contributed by atoms with Crippen LogP contribution in [0.15, 0.2) is 24.0 Å². The maximum Gasteiger partial charge on any atom is 0.300 e. The second kappa shape index (κ2) is 4.70. The fourth-order valence-electron chi connectivity index (χ4n) is 0.815. The summed E-state index contributed by atoms with van der Waals surface area (Å²) < 4.78 is 0. The smallest absolute Gasteiger partial charge is 0.300 e. The van der Waals surface area contributed by atoms with Crippen molar-refractivity contribution in [2.24, 2.45) is 5.41 Å². The lowest BCUT2D eigenvalue weighted by Crippen LogP contribution is -2.08. The summed E-state index contributed by atoms with van der Waals surface area (Å²) in [6, 6.07) is 0. The number of hydrogen-bond donors (Lipinski definition) is 2. The highest BCUT2D eigenvalue weighted by molar-refractivity contribution is 5.62. The van der Waals surface area contributed by atoms with Gasteiger partial charge < -0.3 is 10.2 Å². The molecule has 1 aliphatic rings. The van der Waals surface area contributed by atoms with E-state index in [1.807, 2.05) is 12.2 Å². The number of carbonyl (C=O) groups is 1. The largest absolute Gasteiger partial charge is 0.508 e. The summed E-state index contributed by atoms with van der Waals surface area (Å²) in [5.41, 5.74) is 0.242. The van der Waals surface area contributed by atoms with E-state index in [0.29, 0.717) is 5.76 Å². The lowest BCUT2D eigenvalue weighted by Gasteiger charge is -2.20. The van der Waals surface area contributed by atoms with E-state index in [1.54, 1.807) is 6.08 Å². The molecule has 0 aromatic rings. The Kier molecular flexibility index (Phi) is 4.25. The van der Waals surface area contributed by atoms with Crippen molar-refractivity contribution >= 4 is 5.97 Å². The number of rotatable bonds is 0. The van der Waals surface area contributed by atoms with E-state index >= 15 is 0 Å². The predicted octanol–water partition coefficient (Wildman–Crippen LogP) is 2.51. The van der Waals surface area contributed by atoms with Crippen LogP contribution in [0.3, 0.4) is 0 Å². The Bertz CT molecular complexity index is 233. The lowest BCUT2D eigenvalue weighted by molar-refractivity contribution is -0.134. The molecule has 0 aliphatic heterocycles. The Balaban J connectivity index is 0.000000310. The minimum atomic E-state index is -0.833. The van der Waals surface area contributed by atoms with Crippen LogP contribution in [-0.4, -0.2) is 16.2 Å². The zero-order chi connectivity index (χ0) is 10.5. The molecule has 1 aliphatic carbocycles. The van der Waals surface area contributed by atoms with E-state index in [4.69, 9.17) is 15.0 Å². The molecule has 3 nitrogen and oxygen atoms in total. The van der Waals surface area contributed by atoms with Gasteiger partial charge in [-0.05, 0) is 24.0 Å². The van der Waals surface area contributed by atoms with Crippen molar-refractivity contribution in [3.8, 4) is 0 Å². The van der Waals surface area contributed by atoms with Crippen molar-refractivity contribution in [1.29, 1.82) is 0 Å². The molecule has 0 aromatic carbocycles. The average Bonchev–Trinajstić information content (AvgIpc) is 1.95. The maximum atomic E-state index is 9.00. The number of aliphatic hydroxyl groups is 1. The first-order chi connectivity index (χ1) is 5.83. The van der Waals surface area contributed by atoms with Crippen molar-refractivity contribution in [3.63, 3.8) is 0 Å². The minimum Gasteiger partial charge on any atom is -0.508 e. The predicted molar refractivity (Wildman–Crippen MR) is 51.6 cm³/mol. The van der Waals surface area contributed by atoms with Gasteiger partial charge >= 0.3 is 0 Å². The van der Waals surface area contributed by atoms with Crippen molar-refractivity contribution in [2.75, 3.05) is 0 Å². The molecule has 0 aromatic heterocycles. The van der Waals surface area contributed by atoms with Gasteiger partial charge in [-0.25, -0.2) is 0 Å². The van der Waals surface area contributed by atoms with Gasteiger partial charge in [0.05, 0.1) is 0 Å². The van der Waals surface area contributed by atoms with Crippen molar-refractivity contribution in [1.82, 2.24) is 0 Å². The molecule has 0 fully saturated rings. The fraction of sp³-hybridized carbons (Fsp3) is 0.500. The van der Waals surface area contributed by atoms with E-state index in [9.17, 15) is 0 Å². The van der Waals surface area contributed by atoms with Gasteiger partial charge in [0.1, 0.15) is 5.76 Å². The Morgan fingerprint density at radius 1 is 1.54 bits per heavy atom. The summed E-state index contributed by atoms with van der Waals surface area (Å²) in [6.07, 6.45) is 6.57. The van der Waals surface area contributed by atoms with E-state index in [1.165, 1.54) is 0 Å². The van der Waals surface area contributed by atoms with Gasteiger partial charge in [0.15, 0.2) is 0 Å². The maximum absolute atomic E-state index is 9.00. The van der Waals surface area contributed by atoms with Gasteiger partial charge in [0.2, 0.25) is 0 Å². The van der Waals surface area contributed by atoms with E-state index < -0.39 is 5.97 Å². The highest BCUT2D eigenvalue weighted by Crippen LogP contribution is 2.26. The minimum absolute atomic E-state index is 0.242. The first-order valence-electron chi connectivity index (χ1n) is 4.11. The molecular formula is C10H16O3. The van der Waals surface area contributed by atoms with Crippen molar-refractivity contribution < 1.29 is 15.0 Å². The van der Waals surface area contributed by atoms with Crippen LogP contribution in [-0.2, 0) is 4.79 Å². The fourth-order valence-corrected chi connectivity index (χ4v) is 0.815. The van der Waals surface area contributed by atoms with Gasteiger partial charge in [-0.15, -0.1) is 0 Å². The molecule has 0 amide bonds. The highest BCUT2D eigenvalue weighted by Gasteiger charge is 2.14. The molecule has 2 N–H and O–H groups in total. The van der Waals surface area contributed by atoms with Gasteiger partial charge in [-0.3, -0.25) is 4.79 Å². The second-order valence-corrected chi connectivity index (χ2v) is 3.67. The number of allylic oxidation sites excluding steroid dienone is 3. The van der Waals surface area contributed by atoms with Gasteiger partial charge in [-0.1, -0.05) is 19.9 Å². The number of aliphatic carboxylic acids is 1. The molecule has 0 radical (unpaired) electrons. The van der Waals surface area contributed by atoms with Crippen LogP contribution in [0.5, 0.6) is 0 Å². The van der Waals surface area contributed by atoms with Crippen LogP contribution in [0.2, 0.25) is 0 Å². The number of carboxylic acids is 1. The number of hydrogen-bond acceptors (Lipinski definition) is 2. The van der Waals surface area contributed by atoms with Crippen LogP contribution in [0.1, 0.15) is 27.2 Å². The second-order valence-electron chi connectivity index (χ2n) is 3.67. The Labute approximate surface area is 78.4 Å². The molecule has 1 rings (SSSR count). The summed E-state index contributed by atoms with van der Waals surface area (Å²) in [5.74, 6) is -0.436. The monoisotopic (exact) mass is 184 g/mol. The van der Waals surface area contributed by atoms with E-state index in [2.05, 4.69) is 13.8 Å². The molecular weight excluding hydrogens is 168 g/mol. The van der Waals surface area contributed by atoms with Crippen LogP contribution < -0.4 is 0 Å². The Morgan fingerprint density at radius 2 is 2.00 bits per heavy atom. The summed E-state index contributed by atoms with van der Waals surface area (Å²) in [7, 11) is 0. The Hall–Kier alpha value is -1.25. The van der Waals surface area contributed by atoms with Gasteiger partial charge in [0.25, 0.3) is 5.97 Å². The molecule has 0 spiro atoms. The molecule has 0 saturated carbocycles. The summed E-state index contributed by atoms with van der Waals surface area (Å²) in [4.78, 5) is 9.00. The average molecular weight is 184 g/mol. The van der Waals surface area contributed by atoms with Crippen molar-refractivity contribution in [2.45, 2.75) is 27.2 Å². The first-order valence-corrected chi connectivity index (χ1v) is 4.11. The third-order valence-electron chi connectivity index (χ3n) is 1.54. The molecule has 3 heteroatoms. The normalized spacial score (nSPS) is 18.2. The van der Waals surface area contributed by atoms with Crippen molar-refractivity contribution in [3.05, 3.63) is 24.0 Å². The standard InChI is InChI=1S/C8H12O.C2H4O2/c1-8(2)5-3-7(9)4-6-8;1-2(3)4/h3-5,9H,6H2,1-2H3;1H3,(H,3,4). The zero-order valence-electron chi connectivity index (χ0n) is 8.24. The SMILES string of the molecule is CC(=O)O.CC1(C)C=CC(O)=CC1. The third kappa shape index (κ3) is 7.12. The van der Waals surface area contributed by atoms with E-state index in [-0.39, 0.29) is 5.41 Å². The molecule has 74 valence electrons. The molecule has 0 bridgehead atoms. The zero-order valence-corrected chi connectivity index (χ0v) is 8.24. The topological polar surface area (TPSA) is 57.5 Å². The van der Waals surface area contributed by atoms with Crippen LogP contribution in [0.25, 0.3) is 0 Å². The number of carboxylic acid groups (broad SMARTS) is 1. The first kappa shape index (κ1) is 11.8. The summed E-state index contributed by atoms with van der Waals surface area (Å²) in [5, 5.41) is 16.3. The summed E-state index contributed by atoms with van der Waals surface area (Å²) >= 11 is 0. The van der Waals surface area contributed by atoms with Gasteiger partial charge in [-0.2, -0.15) is 0 Å². The Morgan fingerprint density at radius 3 is 2.23 bits per heavy atom. The van der Waals surface area contributed by atoms with Gasteiger partial charge in [0, 0.05) is 6.92 Å². The molecule has 13 heavy (non-hydrogen) atoms. The molecule has 0 unspecified atom stereocenters. The molecule has 0 saturated heterocycles. The van der Waals surface area contributed by atoms with Crippen LogP contribution >= 0.6 is 0 Å². The number of aliphatic hydroxyl groups excluding tert-OH is 1. The quantitative estimate of drug-likeness (QED) is 0.608. The molecule has 0 heterocycles.